The van der Waals surface area contributed by atoms with Gasteiger partial charge in [0.15, 0.2) is 0 Å². The van der Waals surface area contributed by atoms with Crippen molar-refractivity contribution in [3.05, 3.63) is 0 Å². The Morgan fingerprint density at radius 2 is 2.30 bits per heavy atom. The highest BCUT2D eigenvalue weighted by Crippen LogP contribution is 1.95. The standard InChI is InChI=1S/C7H18N2O/c1-3-6-10-7(2)4-5-9-8/h7,9H,3-6,8H2,1-2H3. The van der Waals surface area contributed by atoms with Crippen LogP contribution >= 0.6 is 0 Å². The number of ether oxygens (including phenoxy) is 1. The quantitative estimate of drug-likeness (QED) is 0.427. The van der Waals surface area contributed by atoms with Crippen molar-refractivity contribution < 1.29 is 4.74 Å². The molecule has 10 heavy (non-hydrogen) atoms. The third-order valence-electron chi connectivity index (χ3n) is 1.30. The van der Waals surface area contributed by atoms with E-state index in [1.165, 1.54) is 0 Å². The van der Waals surface area contributed by atoms with Crippen molar-refractivity contribution in [2.24, 2.45) is 5.84 Å². The summed E-state index contributed by atoms with van der Waals surface area (Å²) in [5.41, 5.74) is 2.60. The number of rotatable bonds is 6. The molecule has 62 valence electrons. The van der Waals surface area contributed by atoms with Crippen LogP contribution in [0.1, 0.15) is 26.7 Å². The summed E-state index contributed by atoms with van der Waals surface area (Å²) in [6.07, 6.45) is 2.40. The molecule has 0 bridgehead atoms. The second-order valence-electron chi connectivity index (χ2n) is 2.42. The maximum atomic E-state index is 5.40. The van der Waals surface area contributed by atoms with E-state index in [0.717, 1.165) is 26.0 Å². The average molecular weight is 146 g/mol. The summed E-state index contributed by atoms with van der Waals surface area (Å²) in [6, 6.07) is 0. The van der Waals surface area contributed by atoms with Gasteiger partial charge in [0, 0.05) is 13.2 Å². The summed E-state index contributed by atoms with van der Waals surface area (Å²) in [5, 5.41) is 0. The van der Waals surface area contributed by atoms with Crippen LogP contribution in [0, 0.1) is 0 Å². The van der Waals surface area contributed by atoms with Crippen molar-refractivity contribution in [1.82, 2.24) is 5.43 Å². The van der Waals surface area contributed by atoms with Crippen LogP contribution in [0.2, 0.25) is 0 Å². The van der Waals surface area contributed by atoms with Gasteiger partial charge in [-0.05, 0) is 19.8 Å². The van der Waals surface area contributed by atoms with E-state index in [-0.39, 0.29) is 0 Å². The lowest BCUT2D eigenvalue weighted by molar-refractivity contribution is 0.0610. The first-order valence-electron chi connectivity index (χ1n) is 3.86. The first-order chi connectivity index (χ1) is 4.81. The third-order valence-corrected chi connectivity index (χ3v) is 1.30. The Morgan fingerprint density at radius 1 is 1.60 bits per heavy atom. The number of hydrogen-bond acceptors (Lipinski definition) is 3. The molecule has 0 aliphatic carbocycles. The lowest BCUT2D eigenvalue weighted by Gasteiger charge is -2.10. The monoisotopic (exact) mass is 146 g/mol. The van der Waals surface area contributed by atoms with Gasteiger partial charge in [-0.2, -0.15) is 0 Å². The number of nitrogens with two attached hydrogens (primary N) is 1. The zero-order valence-electron chi connectivity index (χ0n) is 6.89. The van der Waals surface area contributed by atoms with Gasteiger partial charge in [-0.3, -0.25) is 11.3 Å². The molecule has 0 aromatic carbocycles. The predicted molar refractivity (Wildman–Crippen MR) is 42.5 cm³/mol. The van der Waals surface area contributed by atoms with Crippen molar-refractivity contribution in [3.63, 3.8) is 0 Å². The summed E-state index contributed by atoms with van der Waals surface area (Å²) in [4.78, 5) is 0. The lowest BCUT2D eigenvalue weighted by Crippen LogP contribution is -2.26. The third kappa shape index (κ3) is 6.01. The summed E-state index contributed by atoms with van der Waals surface area (Å²) < 4.78 is 5.40. The highest BCUT2D eigenvalue weighted by molar-refractivity contribution is 4.50. The summed E-state index contributed by atoms with van der Waals surface area (Å²) in [7, 11) is 0. The fourth-order valence-electron chi connectivity index (χ4n) is 0.689. The van der Waals surface area contributed by atoms with Gasteiger partial charge in [0.2, 0.25) is 0 Å². The molecule has 0 aliphatic heterocycles. The Balaban J connectivity index is 3.00. The van der Waals surface area contributed by atoms with E-state index in [0.29, 0.717) is 6.10 Å². The van der Waals surface area contributed by atoms with Crippen LogP contribution in [0.4, 0.5) is 0 Å². The molecule has 0 aromatic heterocycles. The maximum Gasteiger partial charge on any atom is 0.0559 e. The van der Waals surface area contributed by atoms with Gasteiger partial charge in [-0.15, -0.1) is 0 Å². The second-order valence-corrected chi connectivity index (χ2v) is 2.42. The normalized spacial score (nSPS) is 13.5. The smallest absolute Gasteiger partial charge is 0.0559 e. The Morgan fingerprint density at radius 3 is 2.80 bits per heavy atom. The number of hydrazine groups is 1. The largest absolute Gasteiger partial charge is 0.378 e. The molecular formula is C7H18N2O. The molecule has 0 spiro atoms. The van der Waals surface area contributed by atoms with Crippen LogP contribution in [0.5, 0.6) is 0 Å². The topological polar surface area (TPSA) is 47.3 Å². The Labute approximate surface area is 62.9 Å². The van der Waals surface area contributed by atoms with E-state index in [4.69, 9.17) is 10.6 Å². The van der Waals surface area contributed by atoms with Gasteiger partial charge in [0.05, 0.1) is 6.10 Å². The summed E-state index contributed by atoms with van der Waals surface area (Å²) >= 11 is 0. The van der Waals surface area contributed by atoms with Gasteiger partial charge in [-0.1, -0.05) is 6.92 Å². The van der Waals surface area contributed by atoms with Crippen LogP contribution in [-0.2, 0) is 4.74 Å². The molecule has 0 radical (unpaired) electrons. The predicted octanol–water partition coefficient (Wildman–Crippen LogP) is 0.655. The number of hydrogen-bond donors (Lipinski definition) is 2. The summed E-state index contributed by atoms with van der Waals surface area (Å²) in [5.74, 6) is 5.10. The highest BCUT2D eigenvalue weighted by atomic mass is 16.5. The minimum absolute atomic E-state index is 0.330. The molecule has 3 N–H and O–H groups in total. The maximum absolute atomic E-state index is 5.40. The SMILES string of the molecule is CCCOC(C)CCNN. The average Bonchev–Trinajstić information content (AvgIpc) is 1.97. The Bertz CT molecular complexity index is 60.6. The Hall–Kier alpha value is -0.120. The highest BCUT2D eigenvalue weighted by Gasteiger charge is 1.98. The molecular weight excluding hydrogens is 128 g/mol. The van der Waals surface area contributed by atoms with Crippen LogP contribution in [0.3, 0.4) is 0 Å². The van der Waals surface area contributed by atoms with E-state index >= 15 is 0 Å². The molecule has 1 atom stereocenters. The molecule has 0 heterocycles. The first kappa shape index (κ1) is 9.88. The van der Waals surface area contributed by atoms with Crippen molar-refractivity contribution in [1.29, 1.82) is 0 Å². The van der Waals surface area contributed by atoms with Crippen LogP contribution in [0.25, 0.3) is 0 Å². The fraction of sp³-hybridized carbons (Fsp3) is 1.00. The second kappa shape index (κ2) is 6.99. The Kier molecular flexibility index (Phi) is 6.91. The zero-order chi connectivity index (χ0) is 7.82. The molecule has 0 amide bonds. The zero-order valence-corrected chi connectivity index (χ0v) is 6.89. The summed E-state index contributed by atoms with van der Waals surface area (Å²) in [6.45, 7) is 5.84. The van der Waals surface area contributed by atoms with Gasteiger partial charge in [0.1, 0.15) is 0 Å². The first-order valence-corrected chi connectivity index (χ1v) is 3.86. The van der Waals surface area contributed by atoms with Gasteiger partial charge >= 0.3 is 0 Å². The van der Waals surface area contributed by atoms with E-state index in [2.05, 4.69) is 19.3 Å². The van der Waals surface area contributed by atoms with Crippen molar-refractivity contribution in [3.8, 4) is 0 Å². The van der Waals surface area contributed by atoms with Crippen LogP contribution in [0.15, 0.2) is 0 Å². The molecule has 0 saturated carbocycles. The number of nitrogens with one attached hydrogen (secondary N) is 1. The molecule has 0 saturated heterocycles. The van der Waals surface area contributed by atoms with Crippen LogP contribution in [-0.4, -0.2) is 19.3 Å². The minimum atomic E-state index is 0.330. The molecule has 1 unspecified atom stereocenters. The fourth-order valence-corrected chi connectivity index (χ4v) is 0.689. The van der Waals surface area contributed by atoms with Crippen molar-refractivity contribution in [2.75, 3.05) is 13.2 Å². The molecule has 0 rings (SSSR count). The lowest BCUT2D eigenvalue weighted by atomic mass is 10.3. The molecule has 3 heteroatoms. The van der Waals surface area contributed by atoms with E-state index < -0.39 is 0 Å². The van der Waals surface area contributed by atoms with Crippen LogP contribution < -0.4 is 11.3 Å². The van der Waals surface area contributed by atoms with E-state index in [9.17, 15) is 0 Å². The van der Waals surface area contributed by atoms with Crippen molar-refractivity contribution >= 4 is 0 Å². The van der Waals surface area contributed by atoms with Gasteiger partial charge in [0.25, 0.3) is 0 Å². The molecule has 3 nitrogen and oxygen atoms in total. The molecule has 0 fully saturated rings. The van der Waals surface area contributed by atoms with Gasteiger partial charge < -0.3 is 4.74 Å². The molecule has 0 aromatic rings. The van der Waals surface area contributed by atoms with Gasteiger partial charge in [-0.25, -0.2) is 0 Å². The molecule has 0 aliphatic rings. The minimum Gasteiger partial charge on any atom is -0.378 e. The van der Waals surface area contributed by atoms with E-state index in [1.807, 2.05) is 0 Å². The van der Waals surface area contributed by atoms with Crippen molar-refractivity contribution in [2.45, 2.75) is 32.8 Å². The van der Waals surface area contributed by atoms with E-state index in [1.54, 1.807) is 0 Å².